The number of rotatable bonds is 9. The summed E-state index contributed by atoms with van der Waals surface area (Å²) >= 11 is 2.21. The molecule has 144 valence electrons. The van der Waals surface area contributed by atoms with Crippen molar-refractivity contribution in [3.05, 3.63) is 63.7 Å². The summed E-state index contributed by atoms with van der Waals surface area (Å²) in [5, 5.41) is 2.82. The van der Waals surface area contributed by atoms with Gasteiger partial charge in [0.25, 0.3) is 5.91 Å². The molecule has 1 N–H and O–H groups in total. The van der Waals surface area contributed by atoms with E-state index < -0.39 is 6.04 Å². The Balaban J connectivity index is 2.14. The highest BCUT2D eigenvalue weighted by Gasteiger charge is 2.28. The minimum Gasteiger partial charge on any atom is -0.484 e. The molecule has 2 aromatic carbocycles. The molecule has 1 atom stereocenters. The Bertz CT molecular complexity index is 735. The van der Waals surface area contributed by atoms with Crippen LogP contribution in [0.15, 0.2) is 54.6 Å². The molecule has 6 heteroatoms. The minimum absolute atomic E-state index is 0.108. The molecule has 5 nitrogen and oxygen atoms in total. The van der Waals surface area contributed by atoms with Gasteiger partial charge in [0.2, 0.25) is 5.91 Å². The van der Waals surface area contributed by atoms with Gasteiger partial charge in [0.05, 0.1) is 0 Å². The monoisotopic (exact) mass is 480 g/mol. The van der Waals surface area contributed by atoms with Crippen LogP contribution in [-0.4, -0.2) is 35.9 Å². The number of hydrogen-bond acceptors (Lipinski definition) is 3. The van der Waals surface area contributed by atoms with Crippen molar-refractivity contribution in [2.75, 3.05) is 13.2 Å². The Kier molecular flexibility index (Phi) is 8.57. The van der Waals surface area contributed by atoms with Crippen LogP contribution < -0.4 is 10.1 Å². The Labute approximate surface area is 174 Å². The van der Waals surface area contributed by atoms with Gasteiger partial charge in [-0.1, -0.05) is 37.3 Å². The van der Waals surface area contributed by atoms with Gasteiger partial charge in [0.15, 0.2) is 6.61 Å². The van der Waals surface area contributed by atoms with E-state index in [2.05, 4.69) is 27.9 Å². The molecule has 0 aliphatic carbocycles. The average Bonchev–Trinajstić information content (AvgIpc) is 2.68. The summed E-state index contributed by atoms with van der Waals surface area (Å²) in [6, 6.07) is 16.6. The molecule has 0 aromatic heterocycles. The van der Waals surface area contributed by atoms with Gasteiger partial charge in [-0.25, -0.2) is 0 Å². The fourth-order valence-electron chi connectivity index (χ4n) is 2.75. The molecule has 0 saturated heterocycles. The van der Waals surface area contributed by atoms with Gasteiger partial charge >= 0.3 is 0 Å². The first-order valence-electron chi connectivity index (χ1n) is 9.04. The summed E-state index contributed by atoms with van der Waals surface area (Å²) in [4.78, 5) is 27.0. The van der Waals surface area contributed by atoms with Crippen molar-refractivity contribution in [1.29, 1.82) is 0 Å². The van der Waals surface area contributed by atoms with Crippen LogP contribution in [-0.2, 0) is 16.1 Å². The van der Waals surface area contributed by atoms with E-state index in [1.807, 2.05) is 68.4 Å². The van der Waals surface area contributed by atoms with Crippen molar-refractivity contribution in [2.45, 2.75) is 32.9 Å². The first kappa shape index (κ1) is 21.2. The second-order valence-electron chi connectivity index (χ2n) is 6.07. The normalized spacial score (nSPS) is 11.5. The summed E-state index contributed by atoms with van der Waals surface area (Å²) in [7, 11) is 0. The molecule has 0 spiro atoms. The van der Waals surface area contributed by atoms with Crippen LogP contribution in [0.4, 0.5) is 0 Å². The van der Waals surface area contributed by atoms with E-state index in [-0.39, 0.29) is 18.4 Å². The zero-order valence-corrected chi connectivity index (χ0v) is 17.8. The quantitative estimate of drug-likeness (QED) is 0.558. The average molecular weight is 480 g/mol. The van der Waals surface area contributed by atoms with Crippen molar-refractivity contribution in [3.8, 4) is 5.75 Å². The number of nitrogens with one attached hydrogen (secondary N) is 1. The summed E-state index contributed by atoms with van der Waals surface area (Å²) in [5.74, 6) is 0.281. The second kappa shape index (κ2) is 10.9. The van der Waals surface area contributed by atoms with Gasteiger partial charge in [-0.05, 0) is 65.8 Å². The van der Waals surface area contributed by atoms with Gasteiger partial charge in [-0.3, -0.25) is 9.59 Å². The van der Waals surface area contributed by atoms with Crippen molar-refractivity contribution < 1.29 is 14.3 Å². The molecule has 27 heavy (non-hydrogen) atoms. The molecule has 0 aliphatic heterocycles. The minimum atomic E-state index is -0.530. The number of likely N-dealkylation sites (N-methyl/N-ethyl adjacent to an activating group) is 1. The Hall–Kier alpha value is -2.09. The van der Waals surface area contributed by atoms with Gasteiger partial charge in [-0.2, -0.15) is 0 Å². The molecule has 0 radical (unpaired) electrons. The SMILES string of the molecule is CCNC(=O)[C@@H](CC)N(Cc1ccccc1)C(=O)COc1ccc(I)cc1. The summed E-state index contributed by atoms with van der Waals surface area (Å²) in [5.41, 5.74) is 0.975. The van der Waals surface area contributed by atoms with Crippen LogP contribution in [0.5, 0.6) is 5.75 Å². The molecule has 0 bridgehead atoms. The van der Waals surface area contributed by atoms with Crippen molar-refractivity contribution in [1.82, 2.24) is 10.2 Å². The number of halogens is 1. The predicted octanol–water partition coefficient (Wildman–Crippen LogP) is 3.61. The lowest BCUT2D eigenvalue weighted by molar-refractivity contribution is -0.142. The number of carbonyl (C=O) groups excluding carboxylic acids is 2. The van der Waals surface area contributed by atoms with Crippen LogP contribution in [0.2, 0.25) is 0 Å². The maximum Gasteiger partial charge on any atom is 0.261 e. The largest absolute Gasteiger partial charge is 0.484 e. The van der Waals surface area contributed by atoms with Crippen LogP contribution in [0.3, 0.4) is 0 Å². The third-order valence-electron chi connectivity index (χ3n) is 4.11. The van der Waals surface area contributed by atoms with Crippen molar-refractivity contribution in [3.63, 3.8) is 0 Å². The number of carbonyl (C=O) groups is 2. The highest BCUT2D eigenvalue weighted by atomic mass is 127. The van der Waals surface area contributed by atoms with Crippen molar-refractivity contribution in [2.24, 2.45) is 0 Å². The van der Waals surface area contributed by atoms with E-state index in [1.165, 1.54) is 0 Å². The standard InChI is InChI=1S/C21H25IN2O3/c1-3-19(21(26)23-4-2)24(14-16-8-6-5-7-9-16)20(25)15-27-18-12-10-17(22)11-13-18/h5-13,19H,3-4,14-15H2,1-2H3,(H,23,26)/t19-/m1/s1. The maximum absolute atomic E-state index is 12.9. The van der Waals surface area contributed by atoms with Crippen LogP contribution >= 0.6 is 22.6 Å². The van der Waals surface area contributed by atoms with Crippen molar-refractivity contribution >= 4 is 34.4 Å². The third kappa shape index (κ3) is 6.53. The Morgan fingerprint density at radius 3 is 2.33 bits per heavy atom. The van der Waals surface area contributed by atoms with Crippen LogP contribution in [0.1, 0.15) is 25.8 Å². The van der Waals surface area contributed by atoms with Crippen LogP contribution in [0, 0.1) is 3.57 Å². The number of hydrogen-bond donors (Lipinski definition) is 1. The summed E-state index contributed by atoms with van der Waals surface area (Å²) < 4.78 is 6.75. The van der Waals surface area contributed by atoms with Gasteiger partial charge in [0, 0.05) is 16.7 Å². The van der Waals surface area contributed by atoms with E-state index in [4.69, 9.17) is 4.74 Å². The fourth-order valence-corrected chi connectivity index (χ4v) is 3.11. The topological polar surface area (TPSA) is 58.6 Å². The molecule has 0 fully saturated rings. The third-order valence-corrected chi connectivity index (χ3v) is 4.83. The highest BCUT2D eigenvalue weighted by molar-refractivity contribution is 14.1. The van der Waals surface area contributed by atoms with E-state index in [0.29, 0.717) is 25.3 Å². The zero-order chi connectivity index (χ0) is 19.6. The molecular weight excluding hydrogens is 455 g/mol. The fraction of sp³-hybridized carbons (Fsp3) is 0.333. The number of nitrogens with zero attached hydrogens (tertiary/aromatic N) is 1. The molecule has 0 saturated carbocycles. The molecule has 2 amide bonds. The van der Waals surface area contributed by atoms with Crippen LogP contribution in [0.25, 0.3) is 0 Å². The molecule has 0 aliphatic rings. The molecule has 2 rings (SSSR count). The number of amides is 2. The number of benzene rings is 2. The predicted molar refractivity (Wildman–Crippen MR) is 114 cm³/mol. The van der Waals surface area contributed by atoms with E-state index in [1.54, 1.807) is 4.90 Å². The first-order chi connectivity index (χ1) is 13.0. The van der Waals surface area contributed by atoms with E-state index >= 15 is 0 Å². The van der Waals surface area contributed by atoms with E-state index in [9.17, 15) is 9.59 Å². The molecular formula is C21H25IN2O3. The lowest BCUT2D eigenvalue weighted by atomic mass is 10.1. The van der Waals surface area contributed by atoms with E-state index in [0.717, 1.165) is 9.13 Å². The lowest BCUT2D eigenvalue weighted by Gasteiger charge is -2.30. The molecule has 0 heterocycles. The van der Waals surface area contributed by atoms with Gasteiger partial charge in [-0.15, -0.1) is 0 Å². The highest BCUT2D eigenvalue weighted by Crippen LogP contribution is 2.16. The second-order valence-corrected chi connectivity index (χ2v) is 7.31. The smallest absolute Gasteiger partial charge is 0.261 e. The summed E-state index contributed by atoms with van der Waals surface area (Å²) in [6.07, 6.45) is 0.536. The first-order valence-corrected chi connectivity index (χ1v) is 10.1. The maximum atomic E-state index is 12.9. The lowest BCUT2D eigenvalue weighted by Crippen LogP contribution is -2.50. The molecule has 2 aromatic rings. The van der Waals surface area contributed by atoms with Gasteiger partial charge in [0.1, 0.15) is 11.8 Å². The molecule has 0 unspecified atom stereocenters. The Morgan fingerprint density at radius 2 is 1.74 bits per heavy atom. The summed E-state index contributed by atoms with van der Waals surface area (Å²) in [6.45, 7) is 4.57. The zero-order valence-electron chi connectivity index (χ0n) is 15.7. The van der Waals surface area contributed by atoms with Gasteiger partial charge < -0.3 is 15.0 Å². The Morgan fingerprint density at radius 1 is 1.07 bits per heavy atom. The number of ether oxygens (including phenoxy) is 1.